The molecule has 0 saturated carbocycles. The number of Topliss-reactive ketones (excluding diaryl/α,β-unsaturated/α-hetero) is 2. The predicted octanol–water partition coefficient (Wildman–Crippen LogP) is 14.8. The van der Waals surface area contributed by atoms with Crippen LogP contribution in [0, 0.1) is 20.2 Å². The number of nitrogen functional groups attached to an aromatic ring is 1. The normalized spacial score (nSPS) is 10.4. The summed E-state index contributed by atoms with van der Waals surface area (Å²) >= 11 is 5.38. The number of halogens is 1. The third-order valence-corrected chi connectivity index (χ3v) is 15.3. The number of hydrogen-bond donors (Lipinski definition) is 2. The summed E-state index contributed by atoms with van der Waals surface area (Å²) in [5.41, 5.74) is 18.8. The molecule has 9 heterocycles. The van der Waals surface area contributed by atoms with E-state index in [9.17, 15) is 34.6 Å². The fraction of sp³-hybridized carbons (Fsp3) is 0.0897. The van der Waals surface area contributed by atoms with Crippen LogP contribution in [0.3, 0.4) is 0 Å². The zero-order valence-electron chi connectivity index (χ0n) is 54.2. The number of nitrogens with zero attached hydrogens (tertiary/aromatic N) is 10. The number of aromatic amines is 1. The lowest BCUT2D eigenvalue weighted by Crippen LogP contribution is -2.12. The van der Waals surface area contributed by atoms with Crippen molar-refractivity contribution in [2.75, 3.05) is 5.73 Å². The number of imidazole rings is 2. The van der Waals surface area contributed by atoms with E-state index in [4.69, 9.17) is 31.5 Å². The van der Waals surface area contributed by atoms with Gasteiger partial charge in [-0.1, -0.05) is 188 Å². The molecule has 101 heavy (non-hydrogen) atoms. The number of H-pyrrole nitrogens is 1. The Balaban J connectivity index is 0.000000144. The number of benzene rings is 5. The van der Waals surface area contributed by atoms with Crippen LogP contribution < -0.4 is 25.5 Å². The number of carbonyl (C=O) groups is 2. The number of nitro groups is 2. The van der Waals surface area contributed by atoms with Gasteiger partial charge in [0, 0.05) is 97.0 Å². The minimum atomic E-state index is -0.524. The second-order valence-corrected chi connectivity index (χ2v) is 22.7. The number of hydrogen-bond acceptors (Lipinski definition) is 17. The van der Waals surface area contributed by atoms with Gasteiger partial charge >= 0.3 is 0 Å². The quantitative estimate of drug-likeness (QED) is 0.0384. The van der Waals surface area contributed by atoms with Crippen molar-refractivity contribution in [3.05, 3.63) is 368 Å². The molecule has 14 aromatic rings. The summed E-state index contributed by atoms with van der Waals surface area (Å²) < 4.78 is 20.6. The number of ether oxygens (including phenoxy) is 3. The highest BCUT2D eigenvalue weighted by molar-refractivity contribution is 6.29. The van der Waals surface area contributed by atoms with Gasteiger partial charge in [0.15, 0.2) is 0 Å². The monoisotopic (exact) mass is 1360 g/mol. The molecule has 0 aliphatic heterocycles. The fourth-order valence-electron chi connectivity index (χ4n) is 10.0. The van der Waals surface area contributed by atoms with E-state index in [1.54, 1.807) is 61.8 Å². The van der Waals surface area contributed by atoms with Crippen LogP contribution in [0.1, 0.15) is 39.2 Å². The van der Waals surface area contributed by atoms with Crippen LogP contribution in [0.25, 0.3) is 33.3 Å². The molecule has 9 aromatic heterocycles. The second-order valence-electron chi connectivity index (χ2n) is 22.3. The minimum Gasteiger partial charge on any atom is -0.473 e. The van der Waals surface area contributed by atoms with Crippen LogP contribution in [0.15, 0.2) is 297 Å². The Kier molecular flexibility index (Phi) is 25.2. The van der Waals surface area contributed by atoms with Gasteiger partial charge in [0.2, 0.25) is 23.2 Å². The lowest BCUT2D eigenvalue weighted by atomic mass is 9.98. The maximum absolute atomic E-state index is 13.0. The molecule has 0 aliphatic rings. The van der Waals surface area contributed by atoms with Crippen molar-refractivity contribution in [2.24, 2.45) is 0 Å². The minimum absolute atomic E-state index is 0.0444. The zero-order valence-corrected chi connectivity index (χ0v) is 54.9. The SMILES string of the molecule is Nc1ccc(OCc2ccccc2)nc1.O=C(Cc1ccc(=O)[nH]c1)Cc1c(-c2ccccc2)ccc2cncn12.O=C(Cc1ccc(OCc2ccccc2)nc1)Cc1c(-c2ccccc2)ccc2cncn12.O=[N+]([O-])c1ccc(Cl)nc1.O=[N+]([O-])c1ccc(OCc2ccccc2)nc1. The van der Waals surface area contributed by atoms with Crippen LogP contribution in [-0.2, 0) is 55.1 Å². The van der Waals surface area contributed by atoms with Gasteiger partial charge in [-0.05, 0) is 63.2 Å². The Labute approximate surface area is 584 Å². The molecule has 14 rings (SSSR count). The van der Waals surface area contributed by atoms with E-state index in [-0.39, 0.29) is 46.5 Å². The molecule has 0 aliphatic carbocycles. The topological polar surface area (TPSA) is 293 Å². The highest BCUT2D eigenvalue weighted by Gasteiger charge is 2.17. The number of pyridine rings is 7. The average molecular weight is 1370 g/mol. The molecule has 23 heteroatoms. The lowest BCUT2D eigenvalue weighted by molar-refractivity contribution is -0.385. The number of anilines is 1. The molecule has 22 nitrogen and oxygen atoms in total. The van der Waals surface area contributed by atoms with E-state index in [1.807, 2.05) is 179 Å². The first kappa shape index (κ1) is 70.5. The van der Waals surface area contributed by atoms with Crippen molar-refractivity contribution in [3.8, 4) is 39.9 Å². The Morgan fingerprint density at radius 2 is 0.832 bits per heavy atom. The van der Waals surface area contributed by atoms with Gasteiger partial charge in [-0.15, -0.1) is 0 Å². The number of fused-ring (bicyclic) bond motifs is 2. The van der Waals surface area contributed by atoms with E-state index in [2.05, 4.69) is 53.1 Å². The van der Waals surface area contributed by atoms with Crippen molar-refractivity contribution < 1.29 is 33.6 Å². The Bertz CT molecular complexity index is 5000. The van der Waals surface area contributed by atoms with Crippen molar-refractivity contribution in [3.63, 3.8) is 0 Å². The maximum Gasteiger partial charge on any atom is 0.287 e. The highest BCUT2D eigenvalue weighted by Crippen LogP contribution is 2.28. The molecule has 0 amide bonds. The van der Waals surface area contributed by atoms with Crippen molar-refractivity contribution in [1.29, 1.82) is 0 Å². The first-order valence-corrected chi connectivity index (χ1v) is 31.9. The molecule has 0 fully saturated rings. The second kappa shape index (κ2) is 36.1. The Morgan fingerprint density at radius 3 is 1.22 bits per heavy atom. The zero-order chi connectivity index (χ0) is 70.6. The first-order chi connectivity index (χ1) is 49.3. The molecule has 0 bridgehead atoms. The van der Waals surface area contributed by atoms with Gasteiger partial charge in [-0.2, -0.15) is 0 Å². The number of nitrogens with two attached hydrogens (primary N) is 1. The van der Waals surface area contributed by atoms with Gasteiger partial charge in [0.25, 0.3) is 11.4 Å². The predicted molar refractivity (Wildman–Crippen MR) is 385 cm³/mol. The molecule has 0 atom stereocenters. The summed E-state index contributed by atoms with van der Waals surface area (Å²) in [5.74, 6) is 1.71. The van der Waals surface area contributed by atoms with E-state index in [0.717, 1.165) is 78.7 Å². The number of ketones is 2. The summed E-state index contributed by atoms with van der Waals surface area (Å²) in [6.07, 6.45) is 15.5. The average Bonchev–Trinajstić information content (AvgIpc) is 1.76. The summed E-state index contributed by atoms with van der Waals surface area (Å²) in [4.78, 5) is 83.2. The number of nitrogens with one attached hydrogen (secondary N) is 1. The number of carbonyl (C=O) groups excluding carboxylic acids is 2. The van der Waals surface area contributed by atoms with Crippen LogP contribution in [0.2, 0.25) is 5.15 Å². The molecule has 3 N–H and O–H groups in total. The highest BCUT2D eigenvalue weighted by atomic mass is 35.5. The van der Waals surface area contributed by atoms with Crippen LogP contribution in [0.5, 0.6) is 17.6 Å². The van der Waals surface area contributed by atoms with E-state index in [1.165, 1.54) is 36.5 Å². The Hall–Kier alpha value is -13.3. The van der Waals surface area contributed by atoms with Gasteiger partial charge in [-0.3, -0.25) is 34.6 Å². The molecule has 5 aromatic carbocycles. The third-order valence-electron chi connectivity index (χ3n) is 15.0. The molecular formula is C78H65ClN12O10. The summed E-state index contributed by atoms with van der Waals surface area (Å²) in [6.45, 7) is 1.38. The lowest BCUT2D eigenvalue weighted by Gasteiger charge is -2.13. The molecule has 0 saturated heterocycles. The van der Waals surface area contributed by atoms with Gasteiger partial charge in [-0.25, -0.2) is 29.9 Å². The van der Waals surface area contributed by atoms with Gasteiger partial charge in [0.1, 0.15) is 48.9 Å². The molecular weight excluding hydrogens is 1300 g/mol. The standard InChI is InChI=1S/C28H23N3O2.C21H17N3O2.C12H10N2O3.C12H12N2O.C5H3ClN2O2/c32-25(15-22-11-14-28(30-17-22)33-19-21-7-3-1-4-8-21)16-27-26(23-9-5-2-6-10-23)13-12-24-18-29-20-31(24)27;25-18(10-15-6-9-21(26)23-12-15)11-20-19(16-4-2-1-3-5-16)8-7-17-13-22-14-24(17)20;15-14(16)11-6-7-12(13-8-11)17-9-10-4-2-1-3-5-10;13-11-6-7-12(14-8-11)15-9-10-4-2-1-3-5-10;6-5-2-1-4(3-7-5)8(9)10/h1-14,17-18,20H,15-16,19H2;1-9,12-14H,10-11H2,(H,23,26);1-8H,9H2;1-8H,9,13H2;1-3H. The van der Waals surface area contributed by atoms with E-state index < -0.39 is 9.85 Å². The maximum atomic E-state index is 13.0. The fourth-order valence-corrected chi connectivity index (χ4v) is 10.2. The largest absolute Gasteiger partial charge is 0.473 e. The first-order valence-electron chi connectivity index (χ1n) is 31.5. The molecule has 0 unspecified atom stereocenters. The van der Waals surface area contributed by atoms with Crippen molar-refractivity contribution in [1.82, 2.24) is 43.7 Å². The van der Waals surface area contributed by atoms with E-state index in [0.29, 0.717) is 56.0 Å². The van der Waals surface area contributed by atoms with Crippen molar-refractivity contribution >= 4 is 51.3 Å². The summed E-state index contributed by atoms with van der Waals surface area (Å²) in [7, 11) is 0. The van der Waals surface area contributed by atoms with Gasteiger partial charge in [0.05, 0.1) is 57.8 Å². The summed E-state index contributed by atoms with van der Waals surface area (Å²) in [6, 6.07) is 73.7. The van der Waals surface area contributed by atoms with E-state index >= 15 is 0 Å². The molecule has 0 radical (unpaired) electrons. The Morgan fingerprint density at radius 1 is 0.426 bits per heavy atom. The van der Waals surface area contributed by atoms with Crippen molar-refractivity contribution in [2.45, 2.75) is 45.5 Å². The molecule has 0 spiro atoms. The van der Waals surface area contributed by atoms with Crippen LogP contribution in [0.4, 0.5) is 17.1 Å². The molecule has 504 valence electrons. The van der Waals surface area contributed by atoms with Gasteiger partial charge < -0.3 is 33.7 Å². The van der Waals surface area contributed by atoms with Crippen LogP contribution in [-0.4, -0.2) is 65.1 Å². The number of rotatable bonds is 21. The summed E-state index contributed by atoms with van der Waals surface area (Å²) in [5, 5.41) is 20.7. The van der Waals surface area contributed by atoms with Crippen LogP contribution >= 0.6 is 11.6 Å². The third kappa shape index (κ3) is 21.6. The smallest absolute Gasteiger partial charge is 0.287 e. The number of aromatic nitrogens is 9.